The summed E-state index contributed by atoms with van der Waals surface area (Å²) in [6, 6.07) is 1.41. The molecule has 0 aliphatic carbocycles. The molecule has 8 heteroatoms. The molecule has 0 saturated heterocycles. The van der Waals surface area contributed by atoms with E-state index in [-0.39, 0.29) is 15.7 Å². The molecule has 0 fully saturated rings. The summed E-state index contributed by atoms with van der Waals surface area (Å²) in [4.78, 5) is 28.0. The lowest BCUT2D eigenvalue weighted by atomic mass is 10.2. The van der Waals surface area contributed by atoms with Crippen LogP contribution in [0.4, 0.5) is 5.69 Å². The number of carbonyl (C=O) groups excluding carboxylic acids is 2. The molecule has 0 bridgehead atoms. The monoisotopic (exact) mass is 344 g/mol. The number of anilines is 1. The first-order valence-electron chi connectivity index (χ1n) is 5.72. The third-order valence-corrected chi connectivity index (χ3v) is 4.41. The van der Waals surface area contributed by atoms with Crippen LogP contribution < -0.4 is 5.32 Å². The largest absolute Gasteiger partial charge is 0.465 e. The van der Waals surface area contributed by atoms with Crippen LogP contribution in [-0.4, -0.2) is 24.0 Å². The standard InChI is InChI=1S/C13H10Cl2N2O3S/c1-6-5-21-10(13(19)20-2)9(6)17-12(18)7-3-8(14)11(15)16-4-7/h3-5H,1-2H3,(H,17,18). The molecule has 0 aromatic carbocycles. The van der Waals surface area contributed by atoms with Crippen LogP contribution in [0.15, 0.2) is 17.6 Å². The van der Waals surface area contributed by atoms with Crippen LogP contribution >= 0.6 is 34.5 Å². The number of hydrogen-bond donors (Lipinski definition) is 1. The van der Waals surface area contributed by atoms with Gasteiger partial charge in [0.1, 0.15) is 10.0 Å². The minimum absolute atomic E-state index is 0.121. The summed E-state index contributed by atoms with van der Waals surface area (Å²) in [5, 5.41) is 4.73. The second kappa shape index (κ2) is 6.43. The van der Waals surface area contributed by atoms with Gasteiger partial charge in [0.05, 0.1) is 23.4 Å². The Morgan fingerprint density at radius 1 is 1.38 bits per heavy atom. The van der Waals surface area contributed by atoms with Crippen LogP contribution in [0.5, 0.6) is 0 Å². The maximum absolute atomic E-state index is 12.2. The van der Waals surface area contributed by atoms with Crippen LogP contribution in [0.2, 0.25) is 10.2 Å². The van der Waals surface area contributed by atoms with Crippen molar-refractivity contribution in [2.24, 2.45) is 0 Å². The van der Waals surface area contributed by atoms with Gasteiger partial charge in [0, 0.05) is 6.20 Å². The van der Waals surface area contributed by atoms with E-state index >= 15 is 0 Å². The molecule has 0 unspecified atom stereocenters. The quantitative estimate of drug-likeness (QED) is 0.679. The fourth-order valence-electron chi connectivity index (χ4n) is 1.57. The molecule has 1 N–H and O–H groups in total. The van der Waals surface area contributed by atoms with Crippen LogP contribution in [0.1, 0.15) is 25.6 Å². The first-order valence-corrected chi connectivity index (χ1v) is 7.36. The Balaban J connectivity index is 2.29. The molecule has 0 atom stereocenters. The average Bonchev–Trinajstić information content (AvgIpc) is 2.82. The highest BCUT2D eigenvalue weighted by Crippen LogP contribution is 2.29. The van der Waals surface area contributed by atoms with Crippen LogP contribution in [-0.2, 0) is 4.74 Å². The number of ether oxygens (including phenoxy) is 1. The van der Waals surface area contributed by atoms with Gasteiger partial charge in [-0.1, -0.05) is 23.2 Å². The van der Waals surface area contributed by atoms with E-state index in [1.807, 2.05) is 0 Å². The molecule has 0 aliphatic rings. The van der Waals surface area contributed by atoms with Crippen molar-refractivity contribution in [2.75, 3.05) is 12.4 Å². The molecule has 110 valence electrons. The molecule has 21 heavy (non-hydrogen) atoms. The highest BCUT2D eigenvalue weighted by atomic mass is 35.5. The molecular formula is C13H10Cl2N2O3S. The van der Waals surface area contributed by atoms with Crippen molar-refractivity contribution in [1.82, 2.24) is 4.98 Å². The highest BCUT2D eigenvalue weighted by Gasteiger charge is 2.19. The Labute approximate surface area is 134 Å². The summed E-state index contributed by atoms with van der Waals surface area (Å²) in [7, 11) is 1.28. The lowest BCUT2D eigenvalue weighted by molar-refractivity contribution is 0.0607. The molecule has 1 amide bonds. The molecule has 0 spiro atoms. The number of rotatable bonds is 3. The number of nitrogens with one attached hydrogen (secondary N) is 1. The van der Waals surface area contributed by atoms with E-state index in [4.69, 9.17) is 23.2 Å². The SMILES string of the molecule is COC(=O)c1scc(C)c1NC(=O)c1cnc(Cl)c(Cl)c1. The van der Waals surface area contributed by atoms with E-state index in [0.29, 0.717) is 10.6 Å². The Bertz CT molecular complexity index is 715. The summed E-state index contributed by atoms with van der Waals surface area (Å²) in [5.74, 6) is -0.941. The summed E-state index contributed by atoms with van der Waals surface area (Å²) in [5.41, 5.74) is 1.43. The predicted molar refractivity (Wildman–Crippen MR) is 82.6 cm³/mol. The first kappa shape index (κ1) is 15.8. The Hall–Kier alpha value is -1.63. The predicted octanol–water partition coefficient (Wildman–Crippen LogP) is 3.80. The van der Waals surface area contributed by atoms with E-state index < -0.39 is 11.9 Å². The van der Waals surface area contributed by atoms with Gasteiger partial charge in [0.2, 0.25) is 0 Å². The number of pyridine rings is 1. The maximum Gasteiger partial charge on any atom is 0.350 e. The number of nitrogens with zero attached hydrogens (tertiary/aromatic N) is 1. The molecule has 2 heterocycles. The maximum atomic E-state index is 12.2. The van der Waals surface area contributed by atoms with Gasteiger partial charge < -0.3 is 10.1 Å². The normalized spacial score (nSPS) is 10.3. The molecule has 0 radical (unpaired) electrons. The van der Waals surface area contributed by atoms with Gasteiger partial charge >= 0.3 is 5.97 Å². The molecule has 0 aliphatic heterocycles. The molecular weight excluding hydrogens is 335 g/mol. The number of halogens is 2. The molecule has 2 aromatic heterocycles. The van der Waals surface area contributed by atoms with Crippen molar-refractivity contribution in [3.8, 4) is 0 Å². The number of amides is 1. The van der Waals surface area contributed by atoms with Gasteiger partial charge in [0.15, 0.2) is 0 Å². The van der Waals surface area contributed by atoms with Crippen molar-refractivity contribution in [1.29, 1.82) is 0 Å². The van der Waals surface area contributed by atoms with Crippen LogP contribution in [0.3, 0.4) is 0 Å². The Kier molecular flexibility index (Phi) is 4.82. The summed E-state index contributed by atoms with van der Waals surface area (Å²) >= 11 is 12.7. The zero-order valence-electron chi connectivity index (χ0n) is 11.1. The highest BCUT2D eigenvalue weighted by molar-refractivity contribution is 7.12. The third kappa shape index (κ3) is 3.34. The molecule has 0 saturated carbocycles. The summed E-state index contributed by atoms with van der Waals surface area (Å²) < 4.78 is 4.68. The van der Waals surface area contributed by atoms with Gasteiger partial charge in [-0.2, -0.15) is 0 Å². The minimum atomic E-state index is -0.504. The van der Waals surface area contributed by atoms with E-state index in [0.717, 1.165) is 5.56 Å². The van der Waals surface area contributed by atoms with E-state index in [1.54, 1.807) is 12.3 Å². The lowest BCUT2D eigenvalue weighted by Crippen LogP contribution is -2.15. The third-order valence-electron chi connectivity index (χ3n) is 2.64. The topological polar surface area (TPSA) is 68.3 Å². The van der Waals surface area contributed by atoms with Gasteiger partial charge in [-0.3, -0.25) is 4.79 Å². The van der Waals surface area contributed by atoms with Crippen molar-refractivity contribution in [2.45, 2.75) is 6.92 Å². The summed E-state index contributed by atoms with van der Waals surface area (Å²) in [6.45, 7) is 1.78. The van der Waals surface area contributed by atoms with E-state index in [9.17, 15) is 9.59 Å². The second-order valence-corrected chi connectivity index (χ2v) is 5.71. The van der Waals surface area contributed by atoms with Gasteiger partial charge in [-0.15, -0.1) is 11.3 Å². The Morgan fingerprint density at radius 3 is 2.71 bits per heavy atom. The van der Waals surface area contributed by atoms with Gasteiger partial charge in [-0.05, 0) is 23.9 Å². The fraction of sp³-hybridized carbons (Fsp3) is 0.154. The lowest BCUT2D eigenvalue weighted by Gasteiger charge is -2.07. The van der Waals surface area contributed by atoms with Crippen molar-refractivity contribution in [3.05, 3.63) is 43.8 Å². The zero-order chi connectivity index (χ0) is 15.6. The van der Waals surface area contributed by atoms with Crippen LogP contribution in [0.25, 0.3) is 0 Å². The number of aryl methyl sites for hydroxylation is 1. The number of hydrogen-bond acceptors (Lipinski definition) is 5. The van der Waals surface area contributed by atoms with Crippen molar-refractivity contribution < 1.29 is 14.3 Å². The fourth-order valence-corrected chi connectivity index (χ4v) is 2.77. The van der Waals surface area contributed by atoms with Crippen molar-refractivity contribution >= 4 is 52.1 Å². The smallest absolute Gasteiger partial charge is 0.350 e. The number of aromatic nitrogens is 1. The summed E-state index contributed by atoms with van der Waals surface area (Å²) in [6.07, 6.45) is 1.31. The van der Waals surface area contributed by atoms with Gasteiger partial charge in [-0.25, -0.2) is 9.78 Å². The molecule has 2 rings (SSSR count). The number of methoxy groups -OCH3 is 1. The number of thiophene rings is 1. The Morgan fingerprint density at radius 2 is 2.10 bits per heavy atom. The number of carbonyl (C=O) groups is 2. The minimum Gasteiger partial charge on any atom is -0.465 e. The van der Waals surface area contributed by atoms with Gasteiger partial charge in [0.25, 0.3) is 5.91 Å². The van der Waals surface area contributed by atoms with Crippen molar-refractivity contribution in [3.63, 3.8) is 0 Å². The van der Waals surface area contributed by atoms with Crippen LogP contribution in [0, 0.1) is 6.92 Å². The first-order chi connectivity index (χ1) is 9.93. The average molecular weight is 345 g/mol. The molecule has 2 aromatic rings. The zero-order valence-corrected chi connectivity index (χ0v) is 13.4. The number of esters is 1. The second-order valence-electron chi connectivity index (χ2n) is 4.07. The van der Waals surface area contributed by atoms with E-state index in [1.165, 1.54) is 30.7 Å². The molecule has 5 nitrogen and oxygen atoms in total. The van der Waals surface area contributed by atoms with E-state index in [2.05, 4.69) is 15.0 Å².